The standard InChI is InChI=1S/C25H27ClO5/c1-4-13-29-23-21(27)20-15-18(26)11-12-19(20)22(24(23)30-14-5-2)31-25(28)17-9-7-16(6-3)8-10-17/h7-12,15,27H,4-6,13-14H2,1-3H3. The smallest absolute Gasteiger partial charge is 0.343 e. The number of benzene rings is 3. The highest BCUT2D eigenvalue weighted by Crippen LogP contribution is 2.51. The molecule has 0 amide bonds. The first kappa shape index (κ1) is 22.8. The van der Waals surface area contributed by atoms with Crippen LogP contribution in [0.1, 0.15) is 49.5 Å². The third kappa shape index (κ3) is 5.05. The van der Waals surface area contributed by atoms with Gasteiger partial charge in [0.25, 0.3) is 0 Å². The number of ether oxygens (including phenoxy) is 3. The van der Waals surface area contributed by atoms with Crippen molar-refractivity contribution in [2.75, 3.05) is 13.2 Å². The number of aryl methyl sites for hydroxylation is 1. The van der Waals surface area contributed by atoms with Crippen LogP contribution >= 0.6 is 11.6 Å². The molecule has 0 aliphatic rings. The molecular weight excluding hydrogens is 416 g/mol. The first-order valence-corrected chi connectivity index (χ1v) is 10.9. The first-order valence-electron chi connectivity index (χ1n) is 10.5. The van der Waals surface area contributed by atoms with E-state index in [4.69, 9.17) is 25.8 Å². The van der Waals surface area contributed by atoms with Gasteiger partial charge in [0.05, 0.1) is 18.8 Å². The summed E-state index contributed by atoms with van der Waals surface area (Å²) in [6.07, 6.45) is 2.35. The monoisotopic (exact) mass is 442 g/mol. The Morgan fingerprint density at radius 2 is 1.52 bits per heavy atom. The first-order chi connectivity index (χ1) is 15.0. The van der Waals surface area contributed by atoms with Crippen molar-refractivity contribution in [2.45, 2.75) is 40.0 Å². The molecule has 0 saturated heterocycles. The normalized spacial score (nSPS) is 10.8. The van der Waals surface area contributed by atoms with Gasteiger partial charge in [-0.1, -0.05) is 44.5 Å². The van der Waals surface area contributed by atoms with Crippen molar-refractivity contribution in [1.82, 2.24) is 0 Å². The summed E-state index contributed by atoms with van der Waals surface area (Å²) in [7, 11) is 0. The van der Waals surface area contributed by atoms with E-state index in [1.165, 1.54) is 0 Å². The Balaban J connectivity index is 2.15. The van der Waals surface area contributed by atoms with E-state index in [-0.39, 0.29) is 23.0 Å². The maximum atomic E-state index is 13.0. The van der Waals surface area contributed by atoms with E-state index in [1.54, 1.807) is 30.3 Å². The van der Waals surface area contributed by atoms with Crippen LogP contribution in [0.4, 0.5) is 0 Å². The zero-order valence-corrected chi connectivity index (χ0v) is 18.8. The Morgan fingerprint density at radius 3 is 2.13 bits per heavy atom. The summed E-state index contributed by atoms with van der Waals surface area (Å²) in [5, 5.41) is 12.3. The molecule has 31 heavy (non-hydrogen) atoms. The lowest BCUT2D eigenvalue weighted by atomic mass is 10.1. The minimum absolute atomic E-state index is 0.0934. The minimum atomic E-state index is -0.521. The van der Waals surface area contributed by atoms with Gasteiger partial charge in [0.2, 0.25) is 11.5 Å². The van der Waals surface area contributed by atoms with Crippen LogP contribution < -0.4 is 14.2 Å². The van der Waals surface area contributed by atoms with Crippen LogP contribution in [0.25, 0.3) is 10.8 Å². The number of hydrogen-bond donors (Lipinski definition) is 1. The van der Waals surface area contributed by atoms with Gasteiger partial charge < -0.3 is 19.3 Å². The third-order valence-corrected chi connectivity index (χ3v) is 5.04. The lowest BCUT2D eigenvalue weighted by Gasteiger charge is -2.20. The predicted molar refractivity (Wildman–Crippen MR) is 123 cm³/mol. The average Bonchev–Trinajstić information content (AvgIpc) is 2.79. The summed E-state index contributed by atoms with van der Waals surface area (Å²) in [6, 6.07) is 12.3. The van der Waals surface area contributed by atoms with Gasteiger partial charge in [-0.25, -0.2) is 4.79 Å². The van der Waals surface area contributed by atoms with Crippen LogP contribution in [-0.4, -0.2) is 24.3 Å². The second-order valence-electron chi connectivity index (χ2n) is 7.16. The van der Waals surface area contributed by atoms with Crippen LogP contribution in [0.5, 0.6) is 23.0 Å². The molecule has 3 aromatic carbocycles. The van der Waals surface area contributed by atoms with Crippen molar-refractivity contribution in [3.8, 4) is 23.0 Å². The number of aromatic hydroxyl groups is 1. The quantitative estimate of drug-likeness (QED) is 0.300. The van der Waals surface area contributed by atoms with Crippen molar-refractivity contribution < 1.29 is 24.1 Å². The van der Waals surface area contributed by atoms with Crippen LogP contribution in [-0.2, 0) is 6.42 Å². The van der Waals surface area contributed by atoms with Crippen molar-refractivity contribution >= 4 is 28.3 Å². The number of phenols is 1. The van der Waals surface area contributed by atoms with Crippen molar-refractivity contribution in [3.63, 3.8) is 0 Å². The molecule has 0 atom stereocenters. The molecular formula is C25H27ClO5. The molecule has 0 fully saturated rings. The fraction of sp³-hybridized carbons (Fsp3) is 0.320. The van der Waals surface area contributed by atoms with E-state index in [0.717, 1.165) is 24.8 Å². The lowest BCUT2D eigenvalue weighted by molar-refractivity contribution is 0.0729. The molecule has 0 spiro atoms. The molecule has 164 valence electrons. The molecule has 3 aromatic rings. The lowest BCUT2D eigenvalue weighted by Crippen LogP contribution is -2.11. The Hall–Kier alpha value is -2.92. The van der Waals surface area contributed by atoms with Gasteiger partial charge in [-0.05, 0) is 55.2 Å². The fourth-order valence-electron chi connectivity index (χ4n) is 3.17. The number of halogens is 1. The summed E-state index contributed by atoms with van der Waals surface area (Å²) >= 11 is 6.16. The molecule has 5 nitrogen and oxygen atoms in total. The minimum Gasteiger partial charge on any atom is -0.504 e. The van der Waals surface area contributed by atoms with E-state index in [0.29, 0.717) is 34.6 Å². The van der Waals surface area contributed by atoms with Gasteiger partial charge in [0.15, 0.2) is 11.5 Å². The molecule has 0 aliphatic heterocycles. The fourth-order valence-corrected chi connectivity index (χ4v) is 3.34. The number of fused-ring (bicyclic) bond motifs is 1. The van der Waals surface area contributed by atoms with Crippen LogP contribution in [0.15, 0.2) is 42.5 Å². The van der Waals surface area contributed by atoms with E-state index in [9.17, 15) is 9.90 Å². The van der Waals surface area contributed by atoms with Crippen LogP contribution in [0, 0.1) is 0 Å². The van der Waals surface area contributed by atoms with Crippen LogP contribution in [0.2, 0.25) is 5.02 Å². The summed E-state index contributed by atoms with van der Waals surface area (Å²) in [5.74, 6) is -0.0551. The molecule has 0 bridgehead atoms. The number of rotatable bonds is 9. The number of carbonyl (C=O) groups is 1. The van der Waals surface area contributed by atoms with E-state index in [2.05, 4.69) is 6.92 Å². The number of phenolic OH excluding ortho intramolecular Hbond substituents is 1. The van der Waals surface area contributed by atoms with Gasteiger partial charge >= 0.3 is 5.97 Å². The van der Waals surface area contributed by atoms with Gasteiger partial charge in [0.1, 0.15) is 0 Å². The summed E-state index contributed by atoms with van der Waals surface area (Å²) in [4.78, 5) is 13.0. The van der Waals surface area contributed by atoms with Crippen LogP contribution in [0.3, 0.4) is 0 Å². The molecule has 0 unspecified atom stereocenters. The average molecular weight is 443 g/mol. The molecule has 0 radical (unpaired) electrons. The van der Waals surface area contributed by atoms with E-state index in [1.807, 2.05) is 26.0 Å². The molecule has 1 N–H and O–H groups in total. The highest BCUT2D eigenvalue weighted by molar-refractivity contribution is 6.31. The Kier molecular flexibility index (Phi) is 7.64. The van der Waals surface area contributed by atoms with Gasteiger partial charge in [0, 0.05) is 15.8 Å². The van der Waals surface area contributed by atoms with Crippen molar-refractivity contribution in [2.24, 2.45) is 0 Å². The SMILES string of the molecule is CCCOc1c(OCCC)c(OC(=O)c2ccc(CC)cc2)c2ccc(Cl)cc2c1O. The second kappa shape index (κ2) is 10.4. The largest absolute Gasteiger partial charge is 0.504 e. The number of esters is 1. The molecule has 3 rings (SSSR count). The summed E-state index contributed by atoms with van der Waals surface area (Å²) < 4.78 is 17.6. The van der Waals surface area contributed by atoms with Gasteiger partial charge in [-0.3, -0.25) is 0 Å². The Bertz CT molecular complexity index is 1060. The zero-order chi connectivity index (χ0) is 22.4. The zero-order valence-electron chi connectivity index (χ0n) is 18.0. The van der Waals surface area contributed by atoms with Gasteiger partial charge in [-0.2, -0.15) is 0 Å². The molecule has 0 heterocycles. The highest BCUT2D eigenvalue weighted by atomic mass is 35.5. The van der Waals surface area contributed by atoms with Gasteiger partial charge in [-0.15, -0.1) is 0 Å². The molecule has 6 heteroatoms. The predicted octanol–water partition coefficient (Wildman–Crippen LogP) is 6.56. The maximum Gasteiger partial charge on any atom is 0.343 e. The second-order valence-corrected chi connectivity index (χ2v) is 7.60. The Morgan fingerprint density at radius 1 is 0.871 bits per heavy atom. The van der Waals surface area contributed by atoms with E-state index < -0.39 is 5.97 Å². The van der Waals surface area contributed by atoms with E-state index >= 15 is 0 Å². The summed E-state index contributed by atoms with van der Waals surface area (Å²) in [5.41, 5.74) is 1.55. The Labute approximate surface area is 187 Å². The molecule has 0 aliphatic carbocycles. The summed E-state index contributed by atoms with van der Waals surface area (Å²) in [6.45, 7) is 6.72. The third-order valence-electron chi connectivity index (χ3n) is 4.80. The number of carbonyl (C=O) groups excluding carboxylic acids is 1. The highest BCUT2D eigenvalue weighted by Gasteiger charge is 2.26. The van der Waals surface area contributed by atoms with Crippen molar-refractivity contribution in [1.29, 1.82) is 0 Å². The topological polar surface area (TPSA) is 65.0 Å². The molecule has 0 aromatic heterocycles. The van der Waals surface area contributed by atoms with Crippen molar-refractivity contribution in [3.05, 3.63) is 58.6 Å². The molecule has 0 saturated carbocycles. The number of hydrogen-bond acceptors (Lipinski definition) is 5. The maximum absolute atomic E-state index is 13.0.